The first-order chi connectivity index (χ1) is 8.90. The zero-order chi connectivity index (χ0) is 14.5. The molecule has 0 aliphatic heterocycles. The second-order valence-corrected chi connectivity index (χ2v) is 5.65. The van der Waals surface area contributed by atoms with Crippen LogP contribution < -0.4 is 4.72 Å². The van der Waals surface area contributed by atoms with Gasteiger partial charge in [0.05, 0.1) is 0 Å². The Morgan fingerprint density at radius 1 is 1.42 bits per heavy atom. The summed E-state index contributed by atoms with van der Waals surface area (Å²) in [6.07, 6.45) is 1.39. The lowest BCUT2D eigenvalue weighted by Gasteiger charge is -2.20. The second-order valence-electron chi connectivity index (χ2n) is 3.98. The highest BCUT2D eigenvalue weighted by Gasteiger charge is 2.21. The standard InChI is InChI=1S/C10H18N4O4S/c1-3-5-14(6-4-2)19(17,18)13-9-7-8(10(15)16)11-12-9/h7H,3-6H2,1-2H3,(H,15,16)(H2,11,12,13). The molecule has 1 rings (SSSR count). The fraction of sp³-hybridized carbons (Fsp3) is 0.600. The van der Waals surface area contributed by atoms with Crippen LogP contribution in [-0.4, -0.2) is 47.1 Å². The van der Waals surface area contributed by atoms with E-state index in [0.29, 0.717) is 25.9 Å². The third kappa shape index (κ3) is 4.21. The fourth-order valence-corrected chi connectivity index (χ4v) is 2.88. The Hall–Kier alpha value is -1.61. The van der Waals surface area contributed by atoms with Gasteiger partial charge in [0.1, 0.15) is 5.69 Å². The van der Waals surface area contributed by atoms with Crippen LogP contribution in [0.5, 0.6) is 0 Å². The summed E-state index contributed by atoms with van der Waals surface area (Å²) < 4.78 is 27.7. The van der Waals surface area contributed by atoms with Gasteiger partial charge in [-0.1, -0.05) is 13.8 Å². The average molecular weight is 290 g/mol. The van der Waals surface area contributed by atoms with Gasteiger partial charge in [0.25, 0.3) is 0 Å². The van der Waals surface area contributed by atoms with Gasteiger partial charge in [-0.05, 0) is 12.8 Å². The molecule has 0 saturated heterocycles. The van der Waals surface area contributed by atoms with E-state index in [4.69, 9.17) is 5.11 Å². The minimum atomic E-state index is -3.70. The maximum atomic E-state index is 12.1. The normalized spacial score (nSPS) is 11.7. The summed E-state index contributed by atoms with van der Waals surface area (Å²) in [6.45, 7) is 4.57. The fourth-order valence-electron chi connectivity index (χ4n) is 1.53. The minimum absolute atomic E-state index is 0.0328. The summed E-state index contributed by atoms with van der Waals surface area (Å²) in [6, 6.07) is 1.13. The van der Waals surface area contributed by atoms with Gasteiger partial charge >= 0.3 is 16.2 Å². The molecule has 0 saturated carbocycles. The van der Waals surface area contributed by atoms with Crippen molar-refractivity contribution in [1.29, 1.82) is 0 Å². The Balaban J connectivity index is 2.84. The molecule has 0 spiro atoms. The van der Waals surface area contributed by atoms with E-state index in [-0.39, 0.29) is 11.5 Å². The topological polar surface area (TPSA) is 115 Å². The van der Waals surface area contributed by atoms with Crippen molar-refractivity contribution < 1.29 is 18.3 Å². The number of hydrogen-bond acceptors (Lipinski definition) is 4. The van der Waals surface area contributed by atoms with Crippen molar-refractivity contribution in [3.8, 4) is 0 Å². The first kappa shape index (κ1) is 15.4. The first-order valence-electron chi connectivity index (χ1n) is 5.97. The number of aromatic carboxylic acids is 1. The Bertz CT molecular complexity index is 519. The lowest BCUT2D eigenvalue weighted by atomic mass is 10.4. The summed E-state index contributed by atoms with van der Waals surface area (Å²) in [5.41, 5.74) is -0.171. The number of aromatic nitrogens is 2. The highest BCUT2D eigenvalue weighted by molar-refractivity contribution is 7.90. The number of carboxylic acids is 1. The van der Waals surface area contributed by atoms with Crippen LogP contribution in [0.4, 0.5) is 5.82 Å². The maximum Gasteiger partial charge on any atom is 0.353 e. The van der Waals surface area contributed by atoms with Crippen molar-refractivity contribution in [1.82, 2.24) is 14.5 Å². The molecular formula is C10H18N4O4S. The van der Waals surface area contributed by atoms with E-state index in [1.807, 2.05) is 13.8 Å². The maximum absolute atomic E-state index is 12.1. The molecule has 9 heteroatoms. The third-order valence-electron chi connectivity index (χ3n) is 2.33. The van der Waals surface area contributed by atoms with Crippen LogP contribution in [0.1, 0.15) is 37.2 Å². The summed E-state index contributed by atoms with van der Waals surface area (Å²) in [7, 11) is -3.70. The number of H-pyrrole nitrogens is 1. The van der Waals surface area contributed by atoms with E-state index in [0.717, 1.165) is 6.07 Å². The molecule has 0 unspecified atom stereocenters. The van der Waals surface area contributed by atoms with Crippen molar-refractivity contribution in [2.45, 2.75) is 26.7 Å². The highest BCUT2D eigenvalue weighted by Crippen LogP contribution is 2.11. The molecule has 19 heavy (non-hydrogen) atoms. The molecule has 8 nitrogen and oxygen atoms in total. The molecule has 0 fully saturated rings. The zero-order valence-electron chi connectivity index (χ0n) is 10.9. The van der Waals surface area contributed by atoms with Gasteiger partial charge in [0.2, 0.25) is 0 Å². The largest absolute Gasteiger partial charge is 0.477 e. The summed E-state index contributed by atoms with van der Waals surface area (Å²) >= 11 is 0. The van der Waals surface area contributed by atoms with Crippen molar-refractivity contribution in [2.24, 2.45) is 0 Å². The molecule has 1 heterocycles. The predicted octanol–water partition coefficient (Wildman–Crippen LogP) is 0.887. The van der Waals surface area contributed by atoms with E-state index in [9.17, 15) is 13.2 Å². The third-order valence-corrected chi connectivity index (χ3v) is 3.84. The van der Waals surface area contributed by atoms with Gasteiger partial charge < -0.3 is 5.11 Å². The molecule has 0 radical (unpaired) electrons. The van der Waals surface area contributed by atoms with E-state index in [1.54, 1.807) is 0 Å². The van der Waals surface area contributed by atoms with Crippen LogP contribution in [0, 0.1) is 0 Å². The van der Waals surface area contributed by atoms with Crippen molar-refractivity contribution in [3.05, 3.63) is 11.8 Å². The molecular weight excluding hydrogens is 272 g/mol. The first-order valence-corrected chi connectivity index (χ1v) is 7.41. The molecule has 0 amide bonds. The van der Waals surface area contributed by atoms with E-state index in [2.05, 4.69) is 14.9 Å². The molecule has 0 atom stereocenters. The molecule has 108 valence electrons. The minimum Gasteiger partial charge on any atom is -0.477 e. The number of rotatable bonds is 8. The Morgan fingerprint density at radius 3 is 2.42 bits per heavy atom. The van der Waals surface area contributed by atoms with E-state index >= 15 is 0 Å². The van der Waals surface area contributed by atoms with E-state index in [1.165, 1.54) is 4.31 Å². The molecule has 1 aromatic heterocycles. The number of hydrogen-bond donors (Lipinski definition) is 3. The number of anilines is 1. The van der Waals surface area contributed by atoms with Gasteiger partial charge in [-0.2, -0.15) is 17.8 Å². The lowest BCUT2D eigenvalue weighted by Crippen LogP contribution is -2.37. The summed E-state index contributed by atoms with van der Waals surface area (Å²) in [5.74, 6) is -1.23. The second kappa shape index (κ2) is 6.53. The van der Waals surface area contributed by atoms with Crippen LogP contribution in [0.15, 0.2) is 6.07 Å². The average Bonchev–Trinajstić information content (AvgIpc) is 2.76. The number of nitrogens with zero attached hydrogens (tertiary/aromatic N) is 2. The molecule has 3 N–H and O–H groups in total. The Kier molecular flexibility index (Phi) is 5.31. The Labute approximate surface area is 112 Å². The lowest BCUT2D eigenvalue weighted by molar-refractivity contribution is 0.0690. The number of nitrogens with one attached hydrogen (secondary N) is 2. The van der Waals surface area contributed by atoms with Crippen LogP contribution >= 0.6 is 0 Å². The molecule has 1 aromatic rings. The zero-order valence-corrected chi connectivity index (χ0v) is 11.7. The number of aromatic amines is 1. The van der Waals surface area contributed by atoms with Crippen molar-refractivity contribution >= 4 is 22.0 Å². The van der Waals surface area contributed by atoms with Gasteiger partial charge in [-0.25, -0.2) is 4.79 Å². The van der Waals surface area contributed by atoms with Crippen LogP contribution in [0.2, 0.25) is 0 Å². The molecule has 0 bridgehead atoms. The molecule has 0 aliphatic carbocycles. The Morgan fingerprint density at radius 2 is 2.00 bits per heavy atom. The van der Waals surface area contributed by atoms with Crippen LogP contribution in [-0.2, 0) is 10.2 Å². The predicted molar refractivity (Wildman–Crippen MR) is 70.2 cm³/mol. The number of carboxylic acid groups (broad SMARTS) is 1. The van der Waals surface area contributed by atoms with Crippen molar-refractivity contribution in [2.75, 3.05) is 17.8 Å². The van der Waals surface area contributed by atoms with E-state index < -0.39 is 16.2 Å². The monoisotopic (exact) mass is 290 g/mol. The van der Waals surface area contributed by atoms with Gasteiger partial charge in [-0.3, -0.25) is 9.82 Å². The smallest absolute Gasteiger partial charge is 0.353 e. The molecule has 0 aliphatic rings. The summed E-state index contributed by atoms with van der Waals surface area (Å²) in [4.78, 5) is 10.7. The van der Waals surface area contributed by atoms with Crippen LogP contribution in [0.3, 0.4) is 0 Å². The van der Waals surface area contributed by atoms with Crippen LogP contribution in [0.25, 0.3) is 0 Å². The summed E-state index contributed by atoms with van der Waals surface area (Å²) in [5, 5.41) is 14.6. The van der Waals surface area contributed by atoms with Gasteiger partial charge in [0.15, 0.2) is 5.82 Å². The van der Waals surface area contributed by atoms with Crippen molar-refractivity contribution in [3.63, 3.8) is 0 Å². The molecule has 0 aromatic carbocycles. The number of carbonyl (C=O) groups is 1. The quantitative estimate of drug-likeness (QED) is 0.657. The highest BCUT2D eigenvalue weighted by atomic mass is 32.2. The van der Waals surface area contributed by atoms with Gasteiger partial charge in [0, 0.05) is 19.2 Å². The SMILES string of the molecule is CCCN(CCC)S(=O)(=O)Nc1cc(C(=O)O)[nH]n1. The van der Waals surface area contributed by atoms with Gasteiger partial charge in [-0.15, -0.1) is 0 Å².